The van der Waals surface area contributed by atoms with E-state index in [1.54, 1.807) is 7.05 Å². The lowest BCUT2D eigenvalue weighted by molar-refractivity contribution is 0.337. The highest BCUT2D eigenvalue weighted by Crippen LogP contribution is 2.16. The molecule has 0 saturated heterocycles. The van der Waals surface area contributed by atoms with Gasteiger partial charge in [0, 0.05) is 32.7 Å². The lowest BCUT2D eigenvalue weighted by atomic mass is 10.1. The Bertz CT molecular complexity index is 529. The van der Waals surface area contributed by atoms with Crippen molar-refractivity contribution in [3.05, 3.63) is 35.4 Å². The Labute approximate surface area is 122 Å². The second-order valence-corrected chi connectivity index (χ2v) is 7.00. The van der Waals surface area contributed by atoms with Gasteiger partial charge in [0.25, 0.3) is 10.2 Å². The van der Waals surface area contributed by atoms with Gasteiger partial charge in [-0.1, -0.05) is 31.2 Å². The molecule has 1 aromatic carbocycles. The number of benzene rings is 1. The lowest BCUT2D eigenvalue weighted by Gasteiger charge is -2.29. The van der Waals surface area contributed by atoms with E-state index >= 15 is 0 Å². The number of nitrogens with zero attached hydrogens (tertiary/aromatic N) is 2. The van der Waals surface area contributed by atoms with Gasteiger partial charge in [0.1, 0.15) is 0 Å². The molecule has 6 heteroatoms. The maximum atomic E-state index is 12.5. The summed E-state index contributed by atoms with van der Waals surface area (Å²) in [6.07, 6.45) is 0. The summed E-state index contributed by atoms with van der Waals surface area (Å²) in [4.78, 5) is 0. The fourth-order valence-electron chi connectivity index (χ4n) is 1.91. The van der Waals surface area contributed by atoms with E-state index in [4.69, 9.17) is 5.73 Å². The molecule has 20 heavy (non-hydrogen) atoms. The summed E-state index contributed by atoms with van der Waals surface area (Å²) in [5.74, 6) is 0. The zero-order valence-corrected chi connectivity index (χ0v) is 13.5. The van der Waals surface area contributed by atoms with Gasteiger partial charge in [0.05, 0.1) is 0 Å². The number of rotatable bonds is 7. The first-order valence-electron chi connectivity index (χ1n) is 6.84. The van der Waals surface area contributed by atoms with Crippen molar-refractivity contribution in [1.82, 2.24) is 8.61 Å². The van der Waals surface area contributed by atoms with E-state index in [2.05, 4.69) is 0 Å². The summed E-state index contributed by atoms with van der Waals surface area (Å²) < 4.78 is 27.9. The van der Waals surface area contributed by atoms with Gasteiger partial charge in [0.15, 0.2) is 0 Å². The van der Waals surface area contributed by atoms with Crippen LogP contribution in [0.3, 0.4) is 0 Å². The third-order valence-electron chi connectivity index (χ3n) is 3.46. The number of hydrogen-bond acceptors (Lipinski definition) is 3. The Kier molecular flexibility index (Phi) is 6.13. The van der Waals surface area contributed by atoms with Crippen molar-refractivity contribution in [3.63, 3.8) is 0 Å². The molecule has 5 nitrogen and oxygen atoms in total. The first-order chi connectivity index (χ1) is 9.34. The van der Waals surface area contributed by atoms with Crippen molar-refractivity contribution in [2.75, 3.05) is 13.6 Å². The number of nitrogens with two attached hydrogens (primary N) is 1. The molecule has 0 unspecified atom stereocenters. The topological polar surface area (TPSA) is 66.6 Å². The Hall–Kier alpha value is -0.950. The van der Waals surface area contributed by atoms with Crippen LogP contribution in [0.1, 0.15) is 31.9 Å². The summed E-state index contributed by atoms with van der Waals surface area (Å²) in [6.45, 7) is 6.75. The first-order valence-corrected chi connectivity index (χ1v) is 8.24. The van der Waals surface area contributed by atoms with Gasteiger partial charge in [0.2, 0.25) is 0 Å². The van der Waals surface area contributed by atoms with Crippen LogP contribution in [0.25, 0.3) is 0 Å². The van der Waals surface area contributed by atoms with Gasteiger partial charge >= 0.3 is 0 Å². The molecule has 114 valence electrons. The van der Waals surface area contributed by atoms with Gasteiger partial charge in [-0.2, -0.15) is 17.0 Å². The maximum absolute atomic E-state index is 12.5. The van der Waals surface area contributed by atoms with Crippen molar-refractivity contribution in [2.45, 2.75) is 39.9 Å². The fraction of sp³-hybridized carbons (Fsp3) is 0.571. The quantitative estimate of drug-likeness (QED) is 0.830. The van der Waals surface area contributed by atoms with E-state index in [0.29, 0.717) is 19.6 Å². The maximum Gasteiger partial charge on any atom is 0.282 e. The van der Waals surface area contributed by atoms with Crippen molar-refractivity contribution >= 4 is 10.2 Å². The third-order valence-corrected chi connectivity index (χ3v) is 5.64. The van der Waals surface area contributed by atoms with Gasteiger partial charge in [-0.3, -0.25) is 0 Å². The molecule has 0 amide bonds. The molecule has 0 aliphatic rings. The summed E-state index contributed by atoms with van der Waals surface area (Å²) in [7, 11) is -1.84. The summed E-state index contributed by atoms with van der Waals surface area (Å²) >= 11 is 0. The molecule has 0 heterocycles. The molecule has 0 spiro atoms. The van der Waals surface area contributed by atoms with E-state index in [9.17, 15) is 8.42 Å². The lowest BCUT2D eigenvalue weighted by Crippen LogP contribution is -2.44. The molecule has 2 N–H and O–H groups in total. The molecule has 0 aliphatic carbocycles. The predicted molar refractivity (Wildman–Crippen MR) is 82.2 cm³/mol. The highest BCUT2D eigenvalue weighted by atomic mass is 32.2. The van der Waals surface area contributed by atoms with Gasteiger partial charge in [-0.05, 0) is 25.0 Å². The molecule has 1 rings (SSSR count). The summed E-state index contributed by atoms with van der Waals surface area (Å²) in [5.41, 5.74) is 7.64. The first kappa shape index (κ1) is 17.1. The predicted octanol–water partition coefficient (Wildman–Crippen LogP) is 1.55. The normalized spacial score (nSPS) is 12.6. The molecule has 0 aliphatic heterocycles. The van der Waals surface area contributed by atoms with E-state index in [0.717, 1.165) is 11.1 Å². The van der Waals surface area contributed by atoms with Gasteiger partial charge in [-0.15, -0.1) is 0 Å². The summed E-state index contributed by atoms with van der Waals surface area (Å²) in [6, 6.07) is 7.61. The molecule has 0 fully saturated rings. The Morgan fingerprint density at radius 3 is 2.20 bits per heavy atom. The fourth-order valence-corrected chi connectivity index (χ4v) is 3.43. The van der Waals surface area contributed by atoms with E-state index in [1.807, 2.05) is 45.0 Å². The zero-order chi connectivity index (χ0) is 15.3. The Morgan fingerprint density at radius 2 is 1.75 bits per heavy atom. The van der Waals surface area contributed by atoms with Gasteiger partial charge < -0.3 is 5.73 Å². The van der Waals surface area contributed by atoms with Crippen LogP contribution in [0.15, 0.2) is 24.3 Å². The van der Waals surface area contributed by atoms with Crippen molar-refractivity contribution < 1.29 is 8.42 Å². The van der Waals surface area contributed by atoms with E-state index in [1.165, 1.54) is 8.61 Å². The molecular formula is C14H25N3O2S. The van der Waals surface area contributed by atoms with Gasteiger partial charge in [-0.25, -0.2) is 0 Å². The van der Waals surface area contributed by atoms with E-state index < -0.39 is 10.2 Å². The van der Waals surface area contributed by atoms with Crippen LogP contribution in [0, 0.1) is 0 Å². The smallest absolute Gasteiger partial charge is 0.282 e. The van der Waals surface area contributed by atoms with E-state index in [-0.39, 0.29) is 6.04 Å². The standard InChI is InChI=1S/C14H25N3O2S/c1-5-17(20(18,19)16(4)12(2)3)11-14-9-7-6-8-13(14)10-15/h6-9,12H,5,10-11,15H2,1-4H3. The van der Waals surface area contributed by atoms with Crippen LogP contribution in [-0.4, -0.2) is 36.7 Å². The van der Waals surface area contributed by atoms with Crippen LogP contribution >= 0.6 is 0 Å². The molecule has 0 aromatic heterocycles. The molecule has 0 atom stereocenters. The van der Waals surface area contributed by atoms with Crippen LogP contribution in [0.4, 0.5) is 0 Å². The number of hydrogen-bond donors (Lipinski definition) is 1. The second kappa shape index (κ2) is 7.17. The SMILES string of the molecule is CCN(Cc1ccccc1CN)S(=O)(=O)N(C)C(C)C. The second-order valence-electron chi connectivity index (χ2n) is 5.02. The largest absolute Gasteiger partial charge is 0.326 e. The average molecular weight is 299 g/mol. The van der Waals surface area contributed by atoms with Crippen LogP contribution in [-0.2, 0) is 23.3 Å². The van der Waals surface area contributed by atoms with Crippen molar-refractivity contribution in [1.29, 1.82) is 0 Å². The molecule has 1 aromatic rings. The Morgan fingerprint density at radius 1 is 1.20 bits per heavy atom. The monoisotopic (exact) mass is 299 g/mol. The van der Waals surface area contributed by atoms with Crippen LogP contribution in [0.5, 0.6) is 0 Å². The molecule has 0 bridgehead atoms. The van der Waals surface area contributed by atoms with Crippen LogP contribution < -0.4 is 5.73 Å². The highest BCUT2D eigenvalue weighted by molar-refractivity contribution is 7.86. The summed E-state index contributed by atoms with van der Waals surface area (Å²) in [5, 5.41) is 0. The highest BCUT2D eigenvalue weighted by Gasteiger charge is 2.27. The zero-order valence-electron chi connectivity index (χ0n) is 12.7. The van der Waals surface area contributed by atoms with Crippen molar-refractivity contribution in [2.24, 2.45) is 5.73 Å². The molecule has 0 saturated carbocycles. The average Bonchev–Trinajstić information content (AvgIpc) is 2.43. The molecular weight excluding hydrogens is 274 g/mol. The minimum absolute atomic E-state index is 0.0706. The minimum Gasteiger partial charge on any atom is -0.326 e. The molecule has 0 radical (unpaired) electrons. The Balaban J connectivity index is 3.03. The van der Waals surface area contributed by atoms with Crippen LogP contribution in [0.2, 0.25) is 0 Å². The minimum atomic E-state index is -3.45. The third kappa shape index (κ3) is 3.79. The van der Waals surface area contributed by atoms with Crippen molar-refractivity contribution in [3.8, 4) is 0 Å².